The SMILES string of the molecule is CC(C)CC(CN)CC(C)C. The Morgan fingerprint density at radius 3 is 1.45 bits per heavy atom. The molecule has 0 aliphatic heterocycles. The average Bonchev–Trinajstić information content (AvgIpc) is 1.84. The Bertz CT molecular complexity index is 76.9. The molecule has 0 radical (unpaired) electrons. The van der Waals surface area contributed by atoms with E-state index in [0.717, 1.165) is 24.3 Å². The molecule has 68 valence electrons. The molecule has 0 amide bonds. The molecule has 0 aromatic heterocycles. The van der Waals surface area contributed by atoms with Crippen LogP contribution in [0, 0.1) is 17.8 Å². The van der Waals surface area contributed by atoms with Gasteiger partial charge < -0.3 is 5.73 Å². The zero-order valence-corrected chi connectivity index (χ0v) is 8.43. The third-order valence-electron chi connectivity index (χ3n) is 1.94. The van der Waals surface area contributed by atoms with Crippen LogP contribution in [0.2, 0.25) is 0 Å². The largest absolute Gasteiger partial charge is 0.330 e. The van der Waals surface area contributed by atoms with Crippen LogP contribution < -0.4 is 5.73 Å². The van der Waals surface area contributed by atoms with E-state index in [-0.39, 0.29) is 0 Å². The fourth-order valence-electron chi connectivity index (χ4n) is 1.62. The maximum atomic E-state index is 5.67. The zero-order chi connectivity index (χ0) is 8.85. The molecule has 1 heteroatoms. The molecule has 0 fully saturated rings. The normalized spacial score (nSPS) is 12.0. The number of nitrogens with two attached hydrogens (primary N) is 1. The van der Waals surface area contributed by atoms with E-state index in [0.29, 0.717) is 0 Å². The topological polar surface area (TPSA) is 26.0 Å². The summed E-state index contributed by atoms with van der Waals surface area (Å²) in [5.74, 6) is 2.33. The molecule has 0 atom stereocenters. The van der Waals surface area contributed by atoms with Crippen molar-refractivity contribution < 1.29 is 0 Å². The maximum Gasteiger partial charge on any atom is -0.00487 e. The molecule has 0 saturated heterocycles. The van der Waals surface area contributed by atoms with Crippen LogP contribution in [-0.4, -0.2) is 6.54 Å². The van der Waals surface area contributed by atoms with Crippen molar-refractivity contribution in [3.63, 3.8) is 0 Å². The lowest BCUT2D eigenvalue weighted by atomic mass is 9.90. The van der Waals surface area contributed by atoms with Gasteiger partial charge in [0.25, 0.3) is 0 Å². The quantitative estimate of drug-likeness (QED) is 0.652. The van der Waals surface area contributed by atoms with E-state index in [1.807, 2.05) is 0 Å². The Labute approximate surface area is 71.4 Å². The highest BCUT2D eigenvalue weighted by molar-refractivity contribution is 4.63. The Balaban J connectivity index is 3.58. The first-order valence-electron chi connectivity index (χ1n) is 4.76. The van der Waals surface area contributed by atoms with E-state index in [9.17, 15) is 0 Å². The minimum absolute atomic E-state index is 0.745. The van der Waals surface area contributed by atoms with Crippen molar-refractivity contribution in [3.8, 4) is 0 Å². The van der Waals surface area contributed by atoms with Crippen LogP contribution in [0.25, 0.3) is 0 Å². The van der Waals surface area contributed by atoms with Gasteiger partial charge in [0, 0.05) is 0 Å². The molecule has 2 N–H and O–H groups in total. The summed E-state index contributed by atoms with van der Waals surface area (Å²) in [5.41, 5.74) is 5.67. The third kappa shape index (κ3) is 6.36. The Kier molecular flexibility index (Phi) is 5.57. The van der Waals surface area contributed by atoms with E-state index < -0.39 is 0 Å². The summed E-state index contributed by atoms with van der Waals surface area (Å²) < 4.78 is 0. The summed E-state index contributed by atoms with van der Waals surface area (Å²) in [5, 5.41) is 0. The predicted molar refractivity (Wildman–Crippen MR) is 51.5 cm³/mol. The van der Waals surface area contributed by atoms with Gasteiger partial charge in [0.2, 0.25) is 0 Å². The van der Waals surface area contributed by atoms with Gasteiger partial charge in [0.15, 0.2) is 0 Å². The summed E-state index contributed by atoms with van der Waals surface area (Å²) in [4.78, 5) is 0. The molecule has 0 aliphatic rings. The summed E-state index contributed by atoms with van der Waals surface area (Å²) >= 11 is 0. The van der Waals surface area contributed by atoms with E-state index in [4.69, 9.17) is 5.73 Å². The number of hydrogen-bond donors (Lipinski definition) is 1. The van der Waals surface area contributed by atoms with Crippen molar-refractivity contribution in [2.24, 2.45) is 23.5 Å². The summed E-state index contributed by atoms with van der Waals surface area (Å²) in [6.07, 6.45) is 2.57. The second kappa shape index (κ2) is 5.59. The standard InChI is InChI=1S/C10H23N/c1-8(2)5-10(7-11)6-9(3)4/h8-10H,5-7,11H2,1-4H3. The van der Waals surface area contributed by atoms with Crippen molar-refractivity contribution in [1.82, 2.24) is 0 Å². The Morgan fingerprint density at radius 1 is 0.909 bits per heavy atom. The van der Waals surface area contributed by atoms with Gasteiger partial charge in [-0.1, -0.05) is 27.7 Å². The van der Waals surface area contributed by atoms with Gasteiger partial charge in [0.1, 0.15) is 0 Å². The van der Waals surface area contributed by atoms with Crippen molar-refractivity contribution in [2.75, 3.05) is 6.54 Å². The smallest absolute Gasteiger partial charge is 0.00487 e. The highest BCUT2D eigenvalue weighted by atomic mass is 14.5. The molecule has 0 aromatic rings. The fraction of sp³-hybridized carbons (Fsp3) is 1.00. The minimum atomic E-state index is 0.745. The van der Waals surface area contributed by atoms with Crippen molar-refractivity contribution in [3.05, 3.63) is 0 Å². The molecule has 0 bridgehead atoms. The molecule has 1 nitrogen and oxygen atoms in total. The average molecular weight is 157 g/mol. The van der Waals surface area contributed by atoms with E-state index in [2.05, 4.69) is 27.7 Å². The molecule has 0 spiro atoms. The van der Waals surface area contributed by atoms with Crippen LogP contribution in [0.1, 0.15) is 40.5 Å². The fourth-order valence-corrected chi connectivity index (χ4v) is 1.62. The molecule has 0 rings (SSSR count). The molecular weight excluding hydrogens is 134 g/mol. The highest BCUT2D eigenvalue weighted by Gasteiger charge is 2.10. The third-order valence-corrected chi connectivity index (χ3v) is 1.94. The second-order valence-corrected chi connectivity index (χ2v) is 4.36. The summed E-state index contributed by atoms with van der Waals surface area (Å²) in [6, 6.07) is 0. The molecule has 0 heterocycles. The molecule has 0 saturated carbocycles. The van der Waals surface area contributed by atoms with Crippen LogP contribution in [0.4, 0.5) is 0 Å². The van der Waals surface area contributed by atoms with Crippen LogP contribution in [0.5, 0.6) is 0 Å². The van der Waals surface area contributed by atoms with Crippen LogP contribution in [0.3, 0.4) is 0 Å². The molecular formula is C10H23N. The molecule has 0 aliphatic carbocycles. The van der Waals surface area contributed by atoms with Gasteiger partial charge in [-0.15, -0.1) is 0 Å². The van der Waals surface area contributed by atoms with Crippen molar-refractivity contribution in [1.29, 1.82) is 0 Å². The maximum absolute atomic E-state index is 5.67. The second-order valence-electron chi connectivity index (χ2n) is 4.36. The highest BCUT2D eigenvalue weighted by Crippen LogP contribution is 2.18. The first-order valence-corrected chi connectivity index (χ1v) is 4.76. The molecule has 0 unspecified atom stereocenters. The van der Waals surface area contributed by atoms with Gasteiger partial charge >= 0.3 is 0 Å². The summed E-state index contributed by atoms with van der Waals surface area (Å²) in [6.45, 7) is 9.92. The first-order chi connectivity index (χ1) is 5.06. The van der Waals surface area contributed by atoms with Crippen molar-refractivity contribution in [2.45, 2.75) is 40.5 Å². The van der Waals surface area contributed by atoms with Crippen LogP contribution >= 0.6 is 0 Å². The van der Waals surface area contributed by atoms with Crippen LogP contribution in [0.15, 0.2) is 0 Å². The van der Waals surface area contributed by atoms with E-state index in [1.165, 1.54) is 12.8 Å². The number of hydrogen-bond acceptors (Lipinski definition) is 1. The first kappa shape index (κ1) is 11.0. The lowest BCUT2D eigenvalue weighted by molar-refractivity contribution is 0.350. The zero-order valence-electron chi connectivity index (χ0n) is 8.43. The van der Waals surface area contributed by atoms with Gasteiger partial charge in [-0.25, -0.2) is 0 Å². The van der Waals surface area contributed by atoms with E-state index >= 15 is 0 Å². The number of rotatable bonds is 5. The van der Waals surface area contributed by atoms with Crippen LogP contribution in [-0.2, 0) is 0 Å². The van der Waals surface area contributed by atoms with E-state index in [1.54, 1.807) is 0 Å². The molecule has 11 heavy (non-hydrogen) atoms. The van der Waals surface area contributed by atoms with Gasteiger partial charge in [-0.3, -0.25) is 0 Å². The lowest BCUT2D eigenvalue weighted by Gasteiger charge is -2.18. The predicted octanol–water partition coefficient (Wildman–Crippen LogP) is 2.65. The Hall–Kier alpha value is -0.0400. The van der Waals surface area contributed by atoms with Gasteiger partial charge in [-0.05, 0) is 37.1 Å². The van der Waals surface area contributed by atoms with Gasteiger partial charge in [-0.2, -0.15) is 0 Å². The summed E-state index contributed by atoms with van der Waals surface area (Å²) in [7, 11) is 0. The van der Waals surface area contributed by atoms with Crippen molar-refractivity contribution >= 4 is 0 Å². The lowest BCUT2D eigenvalue weighted by Crippen LogP contribution is -2.18. The Morgan fingerprint density at radius 2 is 1.27 bits per heavy atom. The molecule has 0 aromatic carbocycles. The monoisotopic (exact) mass is 157 g/mol. The van der Waals surface area contributed by atoms with Gasteiger partial charge in [0.05, 0.1) is 0 Å². The minimum Gasteiger partial charge on any atom is -0.330 e.